The smallest absolute Gasteiger partial charge is 0.270 e. The van der Waals surface area contributed by atoms with Crippen molar-refractivity contribution in [3.63, 3.8) is 0 Å². The van der Waals surface area contributed by atoms with Gasteiger partial charge in [0.05, 0.1) is 27.9 Å². The van der Waals surface area contributed by atoms with Crippen LogP contribution in [0, 0.1) is 10.1 Å². The molecule has 4 rings (SSSR count). The molecular formula is C21H17N5O2S. The molecule has 0 spiro atoms. The highest BCUT2D eigenvalue weighted by atomic mass is 32.1. The topological polar surface area (TPSA) is 93.8 Å². The molecule has 0 unspecified atom stereocenters. The molecule has 0 fully saturated rings. The first-order chi connectivity index (χ1) is 14.2. The van der Waals surface area contributed by atoms with E-state index < -0.39 is 4.92 Å². The molecule has 2 aromatic carbocycles. The van der Waals surface area contributed by atoms with Gasteiger partial charge in [0.15, 0.2) is 0 Å². The molecule has 29 heavy (non-hydrogen) atoms. The van der Waals surface area contributed by atoms with E-state index in [9.17, 15) is 10.1 Å². The van der Waals surface area contributed by atoms with Crippen LogP contribution >= 0.6 is 11.3 Å². The van der Waals surface area contributed by atoms with Gasteiger partial charge in [-0.3, -0.25) is 10.1 Å². The summed E-state index contributed by atoms with van der Waals surface area (Å²) in [5.74, 6) is 0.622. The average molecular weight is 403 g/mol. The minimum Gasteiger partial charge on any atom is -0.363 e. The quantitative estimate of drug-likeness (QED) is 0.355. The van der Waals surface area contributed by atoms with Crippen LogP contribution in [0.2, 0.25) is 0 Å². The van der Waals surface area contributed by atoms with E-state index in [1.165, 1.54) is 17.7 Å². The summed E-state index contributed by atoms with van der Waals surface area (Å²) in [6.07, 6.45) is 0.823. The van der Waals surface area contributed by atoms with E-state index in [2.05, 4.69) is 32.6 Å². The van der Waals surface area contributed by atoms with Gasteiger partial charge in [0.25, 0.3) is 5.69 Å². The molecular weight excluding hydrogens is 386 g/mol. The van der Waals surface area contributed by atoms with Gasteiger partial charge in [-0.1, -0.05) is 42.5 Å². The van der Waals surface area contributed by atoms with Crippen molar-refractivity contribution in [1.82, 2.24) is 15.2 Å². The maximum atomic E-state index is 10.9. The Morgan fingerprint density at radius 1 is 1.00 bits per heavy atom. The molecule has 1 N–H and O–H groups in total. The number of benzene rings is 2. The van der Waals surface area contributed by atoms with Crippen LogP contribution in [0.25, 0.3) is 11.3 Å². The second-order valence-corrected chi connectivity index (χ2v) is 7.30. The molecule has 4 aromatic rings. The van der Waals surface area contributed by atoms with Gasteiger partial charge in [0, 0.05) is 29.5 Å². The lowest BCUT2D eigenvalue weighted by molar-refractivity contribution is -0.384. The van der Waals surface area contributed by atoms with E-state index in [1.54, 1.807) is 35.6 Å². The van der Waals surface area contributed by atoms with Gasteiger partial charge in [-0.2, -0.15) is 0 Å². The molecule has 144 valence electrons. The first-order valence-corrected chi connectivity index (χ1v) is 9.85. The number of aromatic nitrogens is 3. The van der Waals surface area contributed by atoms with E-state index in [0.29, 0.717) is 23.6 Å². The van der Waals surface area contributed by atoms with Gasteiger partial charge >= 0.3 is 0 Å². The second-order valence-electron chi connectivity index (χ2n) is 6.36. The third-order valence-electron chi connectivity index (χ3n) is 4.27. The summed E-state index contributed by atoms with van der Waals surface area (Å²) in [5, 5.41) is 25.6. The fourth-order valence-corrected chi connectivity index (χ4v) is 3.65. The molecule has 2 aromatic heterocycles. The standard InChI is InChI=1S/C21H17N5O2S/c27-26(28)18-8-4-7-16(12-18)19-9-10-20(25-24-19)22-13-17-14-29-21(23-17)11-15-5-2-1-3-6-15/h1-10,12,14H,11,13H2,(H,22,25). The Kier molecular flexibility index (Phi) is 5.53. The van der Waals surface area contributed by atoms with Gasteiger partial charge in [-0.05, 0) is 17.7 Å². The minimum absolute atomic E-state index is 0.0290. The largest absolute Gasteiger partial charge is 0.363 e. The fraction of sp³-hybridized carbons (Fsp3) is 0.0952. The van der Waals surface area contributed by atoms with Crippen LogP contribution in [0.15, 0.2) is 72.1 Å². The first-order valence-electron chi connectivity index (χ1n) is 8.97. The van der Waals surface area contributed by atoms with Crippen molar-refractivity contribution < 1.29 is 4.92 Å². The van der Waals surface area contributed by atoms with Crippen molar-refractivity contribution in [2.75, 3.05) is 5.32 Å². The number of hydrogen-bond acceptors (Lipinski definition) is 7. The Bertz CT molecular complexity index is 1110. The van der Waals surface area contributed by atoms with Crippen molar-refractivity contribution in [2.24, 2.45) is 0 Å². The van der Waals surface area contributed by atoms with E-state index in [0.717, 1.165) is 17.1 Å². The normalized spacial score (nSPS) is 10.6. The number of hydrogen-bond donors (Lipinski definition) is 1. The number of non-ortho nitro benzene ring substituents is 1. The summed E-state index contributed by atoms with van der Waals surface area (Å²) in [4.78, 5) is 15.1. The highest BCUT2D eigenvalue weighted by Crippen LogP contribution is 2.22. The van der Waals surface area contributed by atoms with Crippen LogP contribution in [-0.4, -0.2) is 20.1 Å². The Balaban J connectivity index is 1.37. The van der Waals surface area contributed by atoms with Crippen molar-refractivity contribution >= 4 is 22.8 Å². The van der Waals surface area contributed by atoms with Gasteiger partial charge in [0.1, 0.15) is 5.82 Å². The Morgan fingerprint density at radius 3 is 2.62 bits per heavy atom. The molecule has 0 saturated heterocycles. The Labute approximate surface area is 171 Å². The van der Waals surface area contributed by atoms with Gasteiger partial charge in [-0.15, -0.1) is 21.5 Å². The summed E-state index contributed by atoms with van der Waals surface area (Å²) in [6, 6.07) is 20.2. The Morgan fingerprint density at radius 2 is 1.86 bits per heavy atom. The summed E-state index contributed by atoms with van der Waals surface area (Å²) in [6.45, 7) is 0.552. The van der Waals surface area contributed by atoms with E-state index in [-0.39, 0.29) is 5.69 Å². The zero-order valence-corrected chi connectivity index (χ0v) is 16.2. The van der Waals surface area contributed by atoms with Crippen LogP contribution in [0.1, 0.15) is 16.3 Å². The molecule has 0 amide bonds. The monoisotopic (exact) mass is 403 g/mol. The third-order valence-corrected chi connectivity index (χ3v) is 5.16. The second kappa shape index (κ2) is 8.57. The van der Waals surface area contributed by atoms with E-state index in [1.807, 2.05) is 23.6 Å². The molecule has 0 saturated carbocycles. The number of thiazole rings is 1. The van der Waals surface area contributed by atoms with Gasteiger partial charge in [0.2, 0.25) is 0 Å². The molecule has 2 heterocycles. The predicted molar refractivity (Wildman–Crippen MR) is 113 cm³/mol. The van der Waals surface area contributed by atoms with Gasteiger partial charge in [-0.25, -0.2) is 4.98 Å². The third kappa shape index (κ3) is 4.80. The lowest BCUT2D eigenvalue weighted by Crippen LogP contribution is -2.03. The number of nitro groups is 1. The van der Waals surface area contributed by atoms with E-state index >= 15 is 0 Å². The fourth-order valence-electron chi connectivity index (χ4n) is 2.82. The van der Waals surface area contributed by atoms with Crippen molar-refractivity contribution in [1.29, 1.82) is 0 Å². The predicted octanol–water partition coefficient (Wildman–Crippen LogP) is 4.71. The number of nitro benzene ring substituents is 1. The number of rotatable bonds is 7. The molecule has 7 nitrogen and oxygen atoms in total. The first kappa shape index (κ1) is 18.7. The highest BCUT2D eigenvalue weighted by Gasteiger charge is 2.09. The highest BCUT2D eigenvalue weighted by molar-refractivity contribution is 7.09. The molecule has 0 bridgehead atoms. The maximum absolute atomic E-state index is 10.9. The number of nitrogens with zero attached hydrogens (tertiary/aromatic N) is 4. The SMILES string of the molecule is O=[N+]([O-])c1cccc(-c2ccc(NCc3csc(Cc4ccccc4)n3)nn2)c1. The summed E-state index contributed by atoms with van der Waals surface area (Å²) < 4.78 is 0. The number of anilines is 1. The van der Waals surface area contributed by atoms with Crippen LogP contribution in [0.4, 0.5) is 11.5 Å². The van der Waals surface area contributed by atoms with Crippen LogP contribution < -0.4 is 5.32 Å². The van der Waals surface area contributed by atoms with Gasteiger partial charge < -0.3 is 5.32 Å². The average Bonchev–Trinajstić information content (AvgIpc) is 3.21. The lowest BCUT2D eigenvalue weighted by atomic mass is 10.1. The van der Waals surface area contributed by atoms with Crippen LogP contribution in [0.3, 0.4) is 0 Å². The Hall–Kier alpha value is -3.65. The molecule has 0 aliphatic carbocycles. The summed E-state index contributed by atoms with van der Waals surface area (Å²) in [5.41, 5.74) is 3.46. The molecule has 0 radical (unpaired) electrons. The zero-order valence-electron chi connectivity index (χ0n) is 15.4. The summed E-state index contributed by atoms with van der Waals surface area (Å²) in [7, 11) is 0. The van der Waals surface area contributed by atoms with Crippen LogP contribution in [-0.2, 0) is 13.0 Å². The molecule has 8 heteroatoms. The number of nitrogens with one attached hydrogen (secondary N) is 1. The summed E-state index contributed by atoms with van der Waals surface area (Å²) >= 11 is 1.64. The molecule has 0 aliphatic rings. The molecule has 0 aliphatic heterocycles. The van der Waals surface area contributed by atoms with Crippen LogP contribution in [0.5, 0.6) is 0 Å². The zero-order chi connectivity index (χ0) is 20.1. The minimum atomic E-state index is -0.424. The maximum Gasteiger partial charge on any atom is 0.270 e. The van der Waals surface area contributed by atoms with Crippen molar-refractivity contribution in [3.05, 3.63) is 98.5 Å². The van der Waals surface area contributed by atoms with E-state index in [4.69, 9.17) is 0 Å². The van der Waals surface area contributed by atoms with Crippen molar-refractivity contribution in [2.45, 2.75) is 13.0 Å². The molecule has 0 atom stereocenters. The van der Waals surface area contributed by atoms with Crippen molar-refractivity contribution in [3.8, 4) is 11.3 Å². The lowest BCUT2D eigenvalue weighted by Gasteiger charge is -2.04.